The third kappa shape index (κ3) is 6.70. The molecular weight excluding hydrogens is 418 g/mol. The molecule has 1 aromatic rings. The molecule has 1 aromatic carbocycles. The molecule has 0 aromatic heterocycles. The molecule has 0 radical (unpaired) electrons. The highest BCUT2D eigenvalue weighted by molar-refractivity contribution is 6.31. The van der Waals surface area contributed by atoms with E-state index in [-0.39, 0.29) is 24.8 Å². The Hall–Kier alpha value is -2.59. The molecule has 0 atom stereocenters. The average Bonchev–Trinajstić information content (AvgIpc) is 2.73. The van der Waals surface area contributed by atoms with Crippen LogP contribution < -0.4 is 4.90 Å². The second-order valence-electron chi connectivity index (χ2n) is 8.81. The molecule has 8 heteroatoms. The lowest BCUT2D eigenvalue weighted by molar-refractivity contribution is -0.155. The van der Waals surface area contributed by atoms with Gasteiger partial charge in [-0.2, -0.15) is 5.26 Å². The summed E-state index contributed by atoms with van der Waals surface area (Å²) in [7, 11) is 0. The molecule has 1 aliphatic rings. The van der Waals surface area contributed by atoms with Crippen LogP contribution in [-0.4, -0.2) is 48.9 Å². The van der Waals surface area contributed by atoms with Gasteiger partial charge in [-0.05, 0) is 43.5 Å². The summed E-state index contributed by atoms with van der Waals surface area (Å²) in [6.45, 7) is 8.26. The quantitative estimate of drug-likeness (QED) is 0.620. The topological polar surface area (TPSA) is 90.7 Å². The van der Waals surface area contributed by atoms with Crippen molar-refractivity contribution in [2.24, 2.45) is 11.3 Å². The van der Waals surface area contributed by atoms with Crippen molar-refractivity contribution in [2.75, 3.05) is 31.1 Å². The van der Waals surface area contributed by atoms with Crippen LogP contribution in [-0.2, 0) is 19.1 Å². The third-order valence-corrected chi connectivity index (χ3v) is 5.72. The van der Waals surface area contributed by atoms with Crippen molar-refractivity contribution in [1.82, 2.24) is 4.90 Å². The lowest BCUT2D eigenvalue weighted by Crippen LogP contribution is -2.45. The van der Waals surface area contributed by atoms with Crippen molar-refractivity contribution in [2.45, 2.75) is 47.0 Å². The summed E-state index contributed by atoms with van der Waals surface area (Å²) < 4.78 is 5.30. The van der Waals surface area contributed by atoms with E-state index in [9.17, 15) is 14.4 Å². The number of piperidine rings is 1. The maximum absolute atomic E-state index is 12.7. The van der Waals surface area contributed by atoms with E-state index in [1.807, 2.05) is 33.8 Å². The number of halogens is 1. The van der Waals surface area contributed by atoms with Gasteiger partial charge in [0.05, 0.1) is 18.4 Å². The number of likely N-dealkylation sites (tertiary alicyclic amines) is 1. The van der Waals surface area contributed by atoms with Gasteiger partial charge in [0.2, 0.25) is 5.91 Å². The summed E-state index contributed by atoms with van der Waals surface area (Å²) >= 11 is 6.06. The molecule has 31 heavy (non-hydrogen) atoms. The van der Waals surface area contributed by atoms with Crippen molar-refractivity contribution in [1.29, 1.82) is 5.26 Å². The molecule has 7 nitrogen and oxygen atoms in total. The van der Waals surface area contributed by atoms with Gasteiger partial charge in [0, 0.05) is 35.8 Å². The summed E-state index contributed by atoms with van der Waals surface area (Å²) in [6, 6.07) is 7.19. The summed E-state index contributed by atoms with van der Waals surface area (Å²) in [4.78, 5) is 40.8. The molecule has 2 rings (SSSR count). The number of amides is 2. The Morgan fingerprint density at radius 3 is 2.45 bits per heavy atom. The predicted octanol–water partition coefficient (Wildman–Crippen LogP) is 3.72. The molecule has 0 bridgehead atoms. The Bertz CT molecular complexity index is 865. The Morgan fingerprint density at radius 1 is 1.26 bits per heavy atom. The largest absolute Gasteiger partial charge is 0.455 e. The van der Waals surface area contributed by atoms with Gasteiger partial charge in [-0.15, -0.1) is 0 Å². The van der Waals surface area contributed by atoms with Crippen molar-refractivity contribution < 1.29 is 19.1 Å². The predicted molar refractivity (Wildman–Crippen MR) is 118 cm³/mol. The first-order chi connectivity index (χ1) is 14.5. The van der Waals surface area contributed by atoms with Crippen LogP contribution in [0.15, 0.2) is 18.2 Å². The maximum atomic E-state index is 12.7. The standard InChI is InChI=1S/C23H30ClN3O4/c1-16-14-18(6-7-19(16)24)27(11-5-10-25)20(28)15-31-21(29)17-8-12-26(13-9-17)22(30)23(2,3)4/h6-7,14,17H,5,8-9,11-13,15H2,1-4H3. The van der Waals surface area contributed by atoms with Gasteiger partial charge < -0.3 is 14.5 Å². The highest BCUT2D eigenvalue weighted by atomic mass is 35.5. The van der Waals surface area contributed by atoms with Crippen molar-refractivity contribution in [3.8, 4) is 6.07 Å². The number of ether oxygens (including phenoxy) is 1. The number of aryl methyl sites for hydroxylation is 1. The zero-order chi connectivity index (χ0) is 23.2. The number of benzene rings is 1. The van der Waals surface area contributed by atoms with Crippen LogP contribution in [0.3, 0.4) is 0 Å². The number of hydrogen-bond donors (Lipinski definition) is 0. The SMILES string of the molecule is Cc1cc(N(CCC#N)C(=O)COC(=O)C2CCN(C(=O)C(C)(C)C)CC2)ccc1Cl. The number of carbonyl (C=O) groups excluding carboxylic acids is 3. The molecule has 168 valence electrons. The Morgan fingerprint density at radius 2 is 1.90 bits per heavy atom. The third-order valence-electron chi connectivity index (χ3n) is 5.30. The molecule has 0 unspecified atom stereocenters. The molecule has 1 aliphatic heterocycles. The fourth-order valence-corrected chi connectivity index (χ4v) is 3.60. The molecule has 1 saturated heterocycles. The summed E-state index contributed by atoms with van der Waals surface area (Å²) in [5.74, 6) is -1.09. The molecule has 0 N–H and O–H groups in total. The number of nitriles is 1. The van der Waals surface area contributed by atoms with Gasteiger partial charge >= 0.3 is 5.97 Å². The normalized spacial score (nSPS) is 14.6. The van der Waals surface area contributed by atoms with Gasteiger partial charge in [0.15, 0.2) is 6.61 Å². The maximum Gasteiger partial charge on any atom is 0.309 e. The van der Waals surface area contributed by atoms with Crippen LogP contribution in [0.5, 0.6) is 0 Å². The van der Waals surface area contributed by atoms with E-state index in [2.05, 4.69) is 0 Å². The minimum atomic E-state index is -0.452. The van der Waals surface area contributed by atoms with Crippen LogP contribution in [0, 0.1) is 29.6 Å². The first kappa shape index (κ1) is 24.7. The van der Waals surface area contributed by atoms with Gasteiger partial charge in [-0.25, -0.2) is 0 Å². The Kier molecular flexibility index (Phi) is 8.46. The molecular formula is C23H30ClN3O4. The molecule has 1 fully saturated rings. The highest BCUT2D eigenvalue weighted by Crippen LogP contribution is 2.25. The summed E-state index contributed by atoms with van der Waals surface area (Å²) in [5.41, 5.74) is 0.960. The van der Waals surface area contributed by atoms with Gasteiger partial charge in [0.1, 0.15) is 0 Å². The number of carbonyl (C=O) groups is 3. The summed E-state index contributed by atoms with van der Waals surface area (Å²) in [6.07, 6.45) is 1.19. The van der Waals surface area contributed by atoms with Crippen LogP contribution in [0.1, 0.15) is 45.6 Å². The van der Waals surface area contributed by atoms with E-state index in [0.29, 0.717) is 36.6 Å². The van der Waals surface area contributed by atoms with E-state index in [0.717, 1.165) is 5.56 Å². The molecule has 0 saturated carbocycles. The van der Waals surface area contributed by atoms with Crippen molar-refractivity contribution >= 4 is 35.1 Å². The van der Waals surface area contributed by atoms with E-state index in [4.69, 9.17) is 21.6 Å². The van der Waals surface area contributed by atoms with Crippen LogP contribution in [0.2, 0.25) is 5.02 Å². The lowest BCUT2D eigenvalue weighted by Gasteiger charge is -2.35. The second-order valence-corrected chi connectivity index (χ2v) is 9.22. The van der Waals surface area contributed by atoms with E-state index in [1.165, 1.54) is 4.90 Å². The average molecular weight is 448 g/mol. The first-order valence-electron chi connectivity index (χ1n) is 10.4. The van der Waals surface area contributed by atoms with E-state index < -0.39 is 23.9 Å². The van der Waals surface area contributed by atoms with E-state index >= 15 is 0 Å². The first-order valence-corrected chi connectivity index (χ1v) is 10.8. The van der Waals surface area contributed by atoms with Crippen molar-refractivity contribution in [3.05, 3.63) is 28.8 Å². The van der Waals surface area contributed by atoms with Crippen LogP contribution in [0.25, 0.3) is 0 Å². The molecule has 0 aliphatic carbocycles. The molecule has 2 amide bonds. The number of hydrogen-bond acceptors (Lipinski definition) is 5. The number of rotatable bonds is 6. The summed E-state index contributed by atoms with van der Waals surface area (Å²) in [5, 5.41) is 9.50. The van der Waals surface area contributed by atoms with Gasteiger partial charge in [-0.1, -0.05) is 32.4 Å². The minimum absolute atomic E-state index is 0.0703. The van der Waals surface area contributed by atoms with Crippen LogP contribution in [0.4, 0.5) is 5.69 Å². The number of nitrogens with zero attached hydrogens (tertiary/aromatic N) is 3. The van der Waals surface area contributed by atoms with Gasteiger partial charge in [-0.3, -0.25) is 14.4 Å². The molecule has 1 heterocycles. The smallest absolute Gasteiger partial charge is 0.309 e. The number of anilines is 1. The fraction of sp³-hybridized carbons (Fsp3) is 0.565. The highest BCUT2D eigenvalue weighted by Gasteiger charge is 2.33. The van der Waals surface area contributed by atoms with E-state index in [1.54, 1.807) is 23.1 Å². The van der Waals surface area contributed by atoms with Crippen LogP contribution >= 0.6 is 11.6 Å². The lowest BCUT2D eigenvalue weighted by atomic mass is 9.91. The number of esters is 1. The van der Waals surface area contributed by atoms with Gasteiger partial charge in [0.25, 0.3) is 5.91 Å². The fourth-order valence-electron chi connectivity index (χ4n) is 3.48. The Labute approximate surface area is 188 Å². The zero-order valence-electron chi connectivity index (χ0n) is 18.6. The second kappa shape index (κ2) is 10.6. The Balaban J connectivity index is 1.93. The monoisotopic (exact) mass is 447 g/mol. The van der Waals surface area contributed by atoms with Crippen molar-refractivity contribution in [3.63, 3.8) is 0 Å². The molecule has 0 spiro atoms. The zero-order valence-corrected chi connectivity index (χ0v) is 19.4. The minimum Gasteiger partial charge on any atom is -0.455 e.